The molecular weight excluding hydrogens is 384 g/mol. The highest BCUT2D eigenvalue weighted by atomic mass is 35.5. The van der Waals surface area contributed by atoms with Crippen LogP contribution in [0.2, 0.25) is 5.02 Å². The molecule has 0 spiro atoms. The molecule has 0 radical (unpaired) electrons. The number of aryl methyl sites for hydroxylation is 3. The molecule has 0 atom stereocenters. The molecule has 0 aliphatic heterocycles. The van der Waals surface area contributed by atoms with E-state index in [0.717, 1.165) is 16.8 Å². The van der Waals surface area contributed by atoms with Crippen LogP contribution in [-0.2, 0) is 13.6 Å². The van der Waals surface area contributed by atoms with E-state index in [1.807, 2.05) is 25.1 Å². The van der Waals surface area contributed by atoms with Gasteiger partial charge in [0.2, 0.25) is 0 Å². The maximum absolute atomic E-state index is 13.9. The number of hydrogen-bond donors (Lipinski definition) is 0. The number of aromatic nitrogens is 5. The highest BCUT2D eigenvalue weighted by Crippen LogP contribution is 2.34. The molecule has 0 saturated carbocycles. The first-order valence-electron chi connectivity index (χ1n) is 8.75. The van der Waals surface area contributed by atoms with Crippen molar-refractivity contribution in [3.05, 3.63) is 64.1 Å². The van der Waals surface area contributed by atoms with E-state index in [2.05, 4.69) is 15.2 Å². The van der Waals surface area contributed by atoms with Gasteiger partial charge >= 0.3 is 0 Å². The molecule has 3 aromatic heterocycles. The lowest BCUT2D eigenvalue weighted by Crippen LogP contribution is -2.04. The van der Waals surface area contributed by atoms with Crippen molar-refractivity contribution in [2.45, 2.75) is 26.8 Å². The lowest BCUT2D eigenvalue weighted by molar-refractivity contribution is 0.153. The Labute approximate surface area is 165 Å². The van der Waals surface area contributed by atoms with Crippen molar-refractivity contribution in [3.63, 3.8) is 0 Å². The predicted octanol–water partition coefficient (Wildman–Crippen LogP) is 5.09. The molecule has 0 amide bonds. The fourth-order valence-corrected chi connectivity index (χ4v) is 3.64. The zero-order chi connectivity index (χ0) is 20.0. The van der Waals surface area contributed by atoms with Crippen LogP contribution in [0.1, 0.15) is 28.9 Å². The van der Waals surface area contributed by atoms with E-state index in [1.165, 1.54) is 6.07 Å². The van der Waals surface area contributed by atoms with Gasteiger partial charge in [0.05, 0.1) is 29.0 Å². The van der Waals surface area contributed by atoms with Crippen molar-refractivity contribution in [1.82, 2.24) is 24.5 Å². The number of alkyl halides is 2. The maximum atomic E-state index is 13.9. The smallest absolute Gasteiger partial charge is 0.264 e. The number of halogens is 3. The summed E-state index contributed by atoms with van der Waals surface area (Å²) in [7, 11) is 1.79. The van der Waals surface area contributed by atoms with Gasteiger partial charge in [0.25, 0.3) is 6.43 Å². The summed E-state index contributed by atoms with van der Waals surface area (Å²) in [5.41, 5.74) is 3.59. The van der Waals surface area contributed by atoms with Gasteiger partial charge in [-0.3, -0.25) is 4.68 Å². The average Bonchev–Trinajstić information content (AvgIpc) is 3.15. The van der Waals surface area contributed by atoms with Crippen LogP contribution in [0.4, 0.5) is 8.78 Å². The molecule has 0 aliphatic rings. The summed E-state index contributed by atoms with van der Waals surface area (Å²) in [6.45, 7) is 3.89. The van der Waals surface area contributed by atoms with E-state index >= 15 is 0 Å². The normalized spacial score (nSPS) is 11.7. The number of benzene rings is 1. The molecule has 0 fully saturated rings. The topological polar surface area (TPSA) is 48.5 Å². The Hall–Kier alpha value is -2.80. The van der Waals surface area contributed by atoms with E-state index in [1.54, 1.807) is 35.6 Å². The van der Waals surface area contributed by atoms with Gasteiger partial charge in [-0.1, -0.05) is 29.8 Å². The van der Waals surface area contributed by atoms with Crippen molar-refractivity contribution in [1.29, 1.82) is 0 Å². The van der Waals surface area contributed by atoms with Crippen LogP contribution in [0.3, 0.4) is 0 Å². The number of rotatable bonds is 4. The first-order chi connectivity index (χ1) is 13.3. The molecule has 8 heteroatoms. The molecule has 0 saturated heterocycles. The maximum Gasteiger partial charge on any atom is 0.264 e. The second kappa shape index (κ2) is 6.98. The molecule has 3 heterocycles. The predicted molar refractivity (Wildman–Crippen MR) is 105 cm³/mol. The standard InChI is InChI=1S/C20H18ClF2N5/c1-11-15(10-27(3)25-11)17-8-14(19(22)23)18-12(2)26-28(20(18)24-17)9-13-6-4-5-7-16(13)21/h4-8,10,19H,9H2,1-3H3. The minimum absolute atomic E-state index is 0.0776. The van der Waals surface area contributed by atoms with Crippen molar-refractivity contribution >= 4 is 22.6 Å². The third-order valence-electron chi connectivity index (χ3n) is 4.71. The molecule has 4 aromatic rings. The summed E-state index contributed by atoms with van der Waals surface area (Å²) in [4.78, 5) is 4.68. The van der Waals surface area contributed by atoms with Crippen LogP contribution in [0.15, 0.2) is 36.5 Å². The zero-order valence-corrected chi connectivity index (χ0v) is 16.4. The minimum atomic E-state index is -2.64. The van der Waals surface area contributed by atoms with Gasteiger partial charge in [0.1, 0.15) is 0 Å². The van der Waals surface area contributed by atoms with Crippen LogP contribution >= 0.6 is 11.6 Å². The Morgan fingerprint density at radius 2 is 1.86 bits per heavy atom. The number of nitrogens with zero attached hydrogens (tertiary/aromatic N) is 5. The van der Waals surface area contributed by atoms with E-state index in [0.29, 0.717) is 34.0 Å². The van der Waals surface area contributed by atoms with Crippen LogP contribution in [0, 0.1) is 13.8 Å². The van der Waals surface area contributed by atoms with Gasteiger partial charge in [0.15, 0.2) is 5.65 Å². The highest BCUT2D eigenvalue weighted by Gasteiger charge is 2.22. The molecule has 1 aromatic carbocycles. The van der Waals surface area contributed by atoms with E-state index in [4.69, 9.17) is 11.6 Å². The largest absolute Gasteiger partial charge is 0.275 e. The molecule has 0 unspecified atom stereocenters. The quantitative estimate of drug-likeness (QED) is 0.478. The Morgan fingerprint density at radius 1 is 1.11 bits per heavy atom. The monoisotopic (exact) mass is 401 g/mol. The number of pyridine rings is 1. The molecule has 0 bridgehead atoms. The van der Waals surface area contributed by atoms with Crippen LogP contribution < -0.4 is 0 Å². The lowest BCUT2D eigenvalue weighted by atomic mass is 10.1. The second-order valence-corrected chi connectivity index (χ2v) is 7.14. The van der Waals surface area contributed by atoms with Gasteiger partial charge in [0, 0.05) is 29.4 Å². The summed E-state index contributed by atoms with van der Waals surface area (Å²) in [6.07, 6.45) is -0.863. The average molecular weight is 402 g/mol. The third-order valence-corrected chi connectivity index (χ3v) is 5.08. The lowest BCUT2D eigenvalue weighted by Gasteiger charge is -2.09. The van der Waals surface area contributed by atoms with Crippen molar-refractivity contribution in [3.8, 4) is 11.3 Å². The molecular formula is C20H18ClF2N5. The Bertz CT molecular complexity index is 1180. The first kappa shape index (κ1) is 18.6. The molecule has 0 aliphatic carbocycles. The summed E-state index contributed by atoms with van der Waals surface area (Å²) in [5.74, 6) is 0. The third kappa shape index (κ3) is 3.16. The zero-order valence-electron chi connectivity index (χ0n) is 15.6. The number of fused-ring (bicyclic) bond motifs is 1. The molecule has 5 nitrogen and oxygen atoms in total. The van der Waals surface area contributed by atoms with Crippen molar-refractivity contribution < 1.29 is 8.78 Å². The molecule has 144 valence electrons. The SMILES string of the molecule is Cc1nn(C)cc1-c1cc(C(F)F)c2c(C)nn(Cc3ccccc3Cl)c2n1. The Morgan fingerprint density at radius 3 is 2.50 bits per heavy atom. The molecule has 4 rings (SSSR count). The fourth-order valence-electron chi connectivity index (χ4n) is 3.45. The summed E-state index contributed by atoms with van der Waals surface area (Å²) in [6, 6.07) is 8.83. The number of hydrogen-bond acceptors (Lipinski definition) is 3. The van der Waals surface area contributed by atoms with Gasteiger partial charge in [-0.25, -0.2) is 18.4 Å². The van der Waals surface area contributed by atoms with Gasteiger partial charge in [-0.05, 0) is 31.5 Å². The molecule has 0 N–H and O–H groups in total. The summed E-state index contributed by atoms with van der Waals surface area (Å²) >= 11 is 6.27. The van der Waals surface area contributed by atoms with E-state index < -0.39 is 6.43 Å². The minimum Gasteiger partial charge on any atom is -0.275 e. The summed E-state index contributed by atoms with van der Waals surface area (Å²) < 4.78 is 31.0. The van der Waals surface area contributed by atoms with E-state index in [9.17, 15) is 8.78 Å². The van der Waals surface area contributed by atoms with Crippen molar-refractivity contribution in [2.75, 3.05) is 0 Å². The van der Waals surface area contributed by atoms with Gasteiger partial charge < -0.3 is 0 Å². The van der Waals surface area contributed by atoms with E-state index in [-0.39, 0.29) is 5.56 Å². The van der Waals surface area contributed by atoms with Crippen LogP contribution in [0.5, 0.6) is 0 Å². The van der Waals surface area contributed by atoms with Crippen LogP contribution in [-0.4, -0.2) is 24.5 Å². The van der Waals surface area contributed by atoms with Crippen LogP contribution in [0.25, 0.3) is 22.3 Å². The fraction of sp³-hybridized carbons (Fsp3) is 0.250. The van der Waals surface area contributed by atoms with Gasteiger partial charge in [-0.2, -0.15) is 10.2 Å². The Balaban J connectivity index is 1.95. The first-order valence-corrected chi connectivity index (χ1v) is 9.13. The Kier molecular flexibility index (Phi) is 4.63. The summed E-state index contributed by atoms with van der Waals surface area (Å²) in [5, 5.41) is 9.75. The highest BCUT2D eigenvalue weighted by molar-refractivity contribution is 6.31. The second-order valence-electron chi connectivity index (χ2n) is 6.73. The molecule has 28 heavy (non-hydrogen) atoms. The van der Waals surface area contributed by atoms with Crippen molar-refractivity contribution in [2.24, 2.45) is 7.05 Å². The van der Waals surface area contributed by atoms with Gasteiger partial charge in [-0.15, -0.1) is 0 Å².